The van der Waals surface area contributed by atoms with Crippen molar-refractivity contribution in [1.29, 1.82) is 0 Å². The van der Waals surface area contributed by atoms with Gasteiger partial charge >= 0.3 is 0 Å². The molecule has 2 N–H and O–H groups in total. The summed E-state index contributed by atoms with van der Waals surface area (Å²) < 4.78 is 5.62. The first-order valence-electron chi connectivity index (χ1n) is 13.4. The van der Waals surface area contributed by atoms with E-state index in [1.165, 1.54) is 5.56 Å². The molecule has 196 valence electrons. The van der Waals surface area contributed by atoms with Crippen LogP contribution in [0.3, 0.4) is 0 Å². The lowest BCUT2D eigenvalue weighted by Gasteiger charge is -2.37. The van der Waals surface area contributed by atoms with Gasteiger partial charge in [-0.2, -0.15) is 0 Å². The Hall–Kier alpha value is -3.38. The number of aryl methyl sites for hydroxylation is 3. The van der Waals surface area contributed by atoms with Gasteiger partial charge in [0.15, 0.2) is 0 Å². The molecule has 1 aliphatic heterocycles. The minimum absolute atomic E-state index is 0.156. The second-order valence-electron chi connectivity index (χ2n) is 9.97. The largest absolute Gasteiger partial charge is 0.381 e. The molecule has 0 unspecified atom stereocenters. The first kappa shape index (κ1) is 26.7. The van der Waals surface area contributed by atoms with Gasteiger partial charge in [0, 0.05) is 54.9 Å². The number of hydrogen-bond acceptors (Lipinski definition) is 4. The third-order valence-electron chi connectivity index (χ3n) is 7.52. The van der Waals surface area contributed by atoms with Crippen LogP contribution in [0.25, 0.3) is 11.1 Å². The highest BCUT2D eigenvalue weighted by atomic mass is 16.5. The van der Waals surface area contributed by atoms with Crippen LogP contribution in [0.4, 0.5) is 5.69 Å². The lowest BCUT2D eigenvalue weighted by Crippen LogP contribution is -2.40. The number of aromatic nitrogens is 1. The van der Waals surface area contributed by atoms with Gasteiger partial charge in [0.1, 0.15) is 0 Å². The second kappa shape index (κ2) is 11.8. The number of pyridine rings is 1. The van der Waals surface area contributed by atoms with Crippen LogP contribution in [0.5, 0.6) is 0 Å². The fourth-order valence-corrected chi connectivity index (χ4v) is 5.32. The molecule has 6 nitrogen and oxygen atoms in total. The number of anilines is 1. The average molecular weight is 502 g/mol. The lowest BCUT2D eigenvalue weighted by molar-refractivity contribution is 0.0846. The SMILES string of the molecule is CCc1ccc(-c2cc(C(=O)NCc3c(C)cc(C)[nH]c3=O)c(C)c(N(CC)C3CCOCC3)c2)cc1. The highest BCUT2D eigenvalue weighted by Gasteiger charge is 2.25. The van der Waals surface area contributed by atoms with Crippen molar-refractivity contribution in [3.63, 3.8) is 0 Å². The van der Waals surface area contributed by atoms with Gasteiger partial charge in [-0.15, -0.1) is 0 Å². The molecule has 1 aliphatic rings. The molecule has 2 aromatic carbocycles. The maximum absolute atomic E-state index is 13.6. The number of carbonyl (C=O) groups excluding carboxylic acids is 1. The van der Waals surface area contributed by atoms with Gasteiger partial charge in [-0.25, -0.2) is 0 Å². The molecule has 0 saturated carbocycles. The van der Waals surface area contributed by atoms with Crippen molar-refractivity contribution in [2.75, 3.05) is 24.7 Å². The standard InChI is InChI=1S/C31H39N3O3/c1-6-23-8-10-24(11-9-23)25-17-27(30(35)32-19-28-20(3)16-21(4)33-31(28)36)22(5)29(18-25)34(7-2)26-12-14-37-15-13-26/h8-11,16-18,26H,6-7,12-15,19H2,1-5H3,(H,32,35)(H,33,36). The van der Waals surface area contributed by atoms with Crippen LogP contribution in [-0.2, 0) is 17.7 Å². The Kier molecular flexibility index (Phi) is 8.49. The first-order valence-corrected chi connectivity index (χ1v) is 13.4. The van der Waals surface area contributed by atoms with E-state index in [2.05, 4.69) is 59.4 Å². The van der Waals surface area contributed by atoms with Crippen LogP contribution >= 0.6 is 0 Å². The van der Waals surface area contributed by atoms with Gasteiger partial charge in [-0.1, -0.05) is 31.2 Å². The fraction of sp³-hybridized carbons (Fsp3) is 0.419. The first-order chi connectivity index (χ1) is 17.8. The highest BCUT2D eigenvalue weighted by Crippen LogP contribution is 2.34. The van der Waals surface area contributed by atoms with Crippen molar-refractivity contribution in [1.82, 2.24) is 10.3 Å². The number of nitrogens with zero attached hydrogens (tertiary/aromatic N) is 1. The summed E-state index contributed by atoms with van der Waals surface area (Å²) in [5.41, 5.74) is 8.18. The summed E-state index contributed by atoms with van der Waals surface area (Å²) in [7, 11) is 0. The second-order valence-corrected chi connectivity index (χ2v) is 9.97. The predicted octanol–water partition coefficient (Wildman–Crippen LogP) is 5.46. The molecule has 37 heavy (non-hydrogen) atoms. The number of H-pyrrole nitrogens is 1. The molecule has 0 bridgehead atoms. The van der Waals surface area contributed by atoms with Crippen LogP contribution in [0.2, 0.25) is 0 Å². The van der Waals surface area contributed by atoms with Crippen molar-refractivity contribution in [3.8, 4) is 11.1 Å². The summed E-state index contributed by atoms with van der Waals surface area (Å²) in [5, 5.41) is 3.02. The molecule has 3 aromatic rings. The summed E-state index contributed by atoms with van der Waals surface area (Å²) in [6.45, 7) is 12.7. The average Bonchev–Trinajstić information content (AvgIpc) is 2.90. The van der Waals surface area contributed by atoms with Crippen LogP contribution in [0.1, 0.15) is 65.0 Å². The number of amides is 1. The Bertz CT molecular complexity index is 1300. The number of benzene rings is 2. The lowest BCUT2D eigenvalue weighted by atomic mass is 9.94. The normalized spacial score (nSPS) is 14.0. The number of hydrogen-bond donors (Lipinski definition) is 2. The minimum Gasteiger partial charge on any atom is -0.381 e. The van der Waals surface area contributed by atoms with Gasteiger partial charge in [-0.05, 0) is 93.0 Å². The van der Waals surface area contributed by atoms with E-state index in [4.69, 9.17) is 4.74 Å². The Morgan fingerprint density at radius 3 is 2.35 bits per heavy atom. The fourth-order valence-electron chi connectivity index (χ4n) is 5.32. The molecule has 1 amide bonds. The maximum atomic E-state index is 13.6. The molecular weight excluding hydrogens is 462 g/mol. The molecule has 2 heterocycles. The van der Waals surface area contributed by atoms with E-state index in [1.807, 2.05) is 32.9 Å². The zero-order chi connectivity index (χ0) is 26.5. The number of nitrogens with one attached hydrogen (secondary N) is 2. The molecule has 6 heteroatoms. The van der Waals surface area contributed by atoms with E-state index in [9.17, 15) is 9.59 Å². The summed E-state index contributed by atoms with van der Waals surface area (Å²) in [5.74, 6) is -0.173. The molecule has 0 spiro atoms. The number of aromatic amines is 1. The van der Waals surface area contributed by atoms with E-state index in [0.717, 1.165) is 72.7 Å². The van der Waals surface area contributed by atoms with Crippen LogP contribution < -0.4 is 15.8 Å². The summed E-state index contributed by atoms with van der Waals surface area (Å²) in [6.07, 6.45) is 2.93. The third kappa shape index (κ3) is 5.96. The molecule has 0 aliphatic carbocycles. The highest BCUT2D eigenvalue weighted by molar-refractivity contribution is 5.99. The van der Waals surface area contributed by atoms with Gasteiger partial charge in [-0.3, -0.25) is 9.59 Å². The zero-order valence-corrected chi connectivity index (χ0v) is 22.7. The quantitative estimate of drug-likeness (QED) is 0.430. The van der Waals surface area contributed by atoms with E-state index in [0.29, 0.717) is 17.2 Å². The molecule has 0 atom stereocenters. The molecular formula is C31H39N3O3. The topological polar surface area (TPSA) is 74.4 Å². The Morgan fingerprint density at radius 2 is 1.73 bits per heavy atom. The number of rotatable bonds is 8. The molecule has 1 aromatic heterocycles. The van der Waals surface area contributed by atoms with Crippen LogP contribution in [-0.4, -0.2) is 36.7 Å². The van der Waals surface area contributed by atoms with Crippen LogP contribution in [0.15, 0.2) is 47.3 Å². The summed E-state index contributed by atoms with van der Waals surface area (Å²) >= 11 is 0. The monoisotopic (exact) mass is 501 g/mol. The van der Waals surface area contributed by atoms with Crippen molar-refractivity contribution in [2.45, 2.75) is 66.5 Å². The van der Waals surface area contributed by atoms with Crippen LogP contribution in [0, 0.1) is 20.8 Å². The Balaban J connectivity index is 1.73. The van der Waals surface area contributed by atoms with Crippen molar-refractivity contribution in [2.24, 2.45) is 0 Å². The molecule has 1 fully saturated rings. The summed E-state index contributed by atoms with van der Waals surface area (Å²) in [6, 6.07) is 15.1. The van der Waals surface area contributed by atoms with Crippen molar-refractivity contribution < 1.29 is 9.53 Å². The smallest absolute Gasteiger partial charge is 0.253 e. The zero-order valence-electron chi connectivity index (χ0n) is 22.7. The Morgan fingerprint density at radius 1 is 1.03 bits per heavy atom. The molecule has 4 rings (SSSR count). The van der Waals surface area contributed by atoms with E-state index >= 15 is 0 Å². The van der Waals surface area contributed by atoms with E-state index in [1.54, 1.807) is 0 Å². The number of ether oxygens (including phenoxy) is 1. The maximum Gasteiger partial charge on any atom is 0.253 e. The van der Waals surface area contributed by atoms with Gasteiger partial charge in [0.05, 0.1) is 0 Å². The minimum atomic E-state index is -0.173. The molecule has 1 saturated heterocycles. The van der Waals surface area contributed by atoms with E-state index in [-0.39, 0.29) is 18.0 Å². The Labute approximate surface area is 220 Å². The van der Waals surface area contributed by atoms with Gasteiger partial charge in [0.2, 0.25) is 0 Å². The summed E-state index contributed by atoms with van der Waals surface area (Å²) in [4.78, 5) is 31.4. The predicted molar refractivity (Wildman–Crippen MR) is 151 cm³/mol. The number of carbonyl (C=O) groups is 1. The van der Waals surface area contributed by atoms with Gasteiger partial charge in [0.25, 0.3) is 11.5 Å². The third-order valence-corrected chi connectivity index (χ3v) is 7.52. The van der Waals surface area contributed by atoms with Crippen molar-refractivity contribution in [3.05, 3.63) is 86.3 Å². The van der Waals surface area contributed by atoms with Gasteiger partial charge < -0.3 is 19.9 Å². The van der Waals surface area contributed by atoms with E-state index < -0.39 is 0 Å². The molecule has 0 radical (unpaired) electrons. The van der Waals surface area contributed by atoms with Crippen molar-refractivity contribution >= 4 is 11.6 Å².